The van der Waals surface area contributed by atoms with Gasteiger partial charge in [0.15, 0.2) is 0 Å². The molecule has 0 N–H and O–H groups in total. The largest absolute Gasteiger partial charge is 0.265 e. The van der Waals surface area contributed by atoms with Crippen molar-refractivity contribution in [1.82, 2.24) is 4.98 Å². The molecular formula is C7H5ClF2INO2S. The fraction of sp³-hybridized carbons (Fsp3) is 0.286. The molecule has 0 spiro atoms. The Morgan fingerprint density at radius 3 is 2.47 bits per heavy atom. The molecule has 1 aromatic heterocycles. The molecule has 0 aromatic carbocycles. The molecule has 3 nitrogen and oxygen atoms in total. The molecule has 0 bridgehead atoms. The Morgan fingerprint density at radius 1 is 1.53 bits per heavy atom. The first-order valence-corrected chi connectivity index (χ1v) is 7.02. The van der Waals surface area contributed by atoms with Crippen molar-refractivity contribution >= 4 is 42.3 Å². The van der Waals surface area contributed by atoms with Gasteiger partial charge in [0.1, 0.15) is 8.60 Å². The molecule has 0 unspecified atom stereocenters. The number of halogens is 4. The maximum Gasteiger partial charge on any atom is 0.265 e. The summed E-state index contributed by atoms with van der Waals surface area (Å²) < 4.78 is 47.0. The number of hydrogen-bond acceptors (Lipinski definition) is 3. The summed E-state index contributed by atoms with van der Waals surface area (Å²) in [4.78, 5) is 3.32. The van der Waals surface area contributed by atoms with Gasteiger partial charge in [-0.05, 0) is 35.6 Å². The molecule has 0 saturated heterocycles. The number of aryl methyl sites for hydroxylation is 1. The van der Waals surface area contributed by atoms with Crippen LogP contribution in [0, 0.1) is 10.6 Å². The second-order valence-corrected chi connectivity index (χ2v) is 6.25. The SMILES string of the molecule is Cc1nc(I)c(S(=O)(=O)Cl)cc1C(F)F. The zero-order valence-electron chi connectivity index (χ0n) is 7.34. The van der Waals surface area contributed by atoms with Crippen molar-refractivity contribution < 1.29 is 17.2 Å². The van der Waals surface area contributed by atoms with E-state index in [1.807, 2.05) is 0 Å². The van der Waals surface area contributed by atoms with Gasteiger partial charge < -0.3 is 0 Å². The third-order valence-corrected chi connectivity index (χ3v) is 4.19. The number of alkyl halides is 2. The smallest absolute Gasteiger partial charge is 0.245 e. The van der Waals surface area contributed by atoms with E-state index in [1.54, 1.807) is 22.6 Å². The maximum absolute atomic E-state index is 12.4. The third kappa shape index (κ3) is 2.97. The predicted octanol–water partition coefficient (Wildman–Crippen LogP) is 2.86. The molecule has 1 aromatic rings. The monoisotopic (exact) mass is 367 g/mol. The topological polar surface area (TPSA) is 47.0 Å². The van der Waals surface area contributed by atoms with Gasteiger partial charge in [-0.1, -0.05) is 0 Å². The molecule has 0 fully saturated rings. The van der Waals surface area contributed by atoms with Gasteiger partial charge >= 0.3 is 0 Å². The van der Waals surface area contributed by atoms with Crippen molar-refractivity contribution in [2.24, 2.45) is 0 Å². The van der Waals surface area contributed by atoms with Crippen LogP contribution < -0.4 is 0 Å². The first kappa shape index (κ1) is 13.0. The van der Waals surface area contributed by atoms with Crippen molar-refractivity contribution in [3.8, 4) is 0 Å². The van der Waals surface area contributed by atoms with Crippen LogP contribution in [0.5, 0.6) is 0 Å². The maximum atomic E-state index is 12.4. The highest BCUT2D eigenvalue weighted by molar-refractivity contribution is 14.1. The van der Waals surface area contributed by atoms with E-state index < -0.39 is 21.0 Å². The third-order valence-electron chi connectivity index (χ3n) is 1.67. The zero-order chi connectivity index (χ0) is 11.8. The average Bonchev–Trinajstić information content (AvgIpc) is 2.00. The van der Waals surface area contributed by atoms with Crippen molar-refractivity contribution in [2.45, 2.75) is 18.2 Å². The van der Waals surface area contributed by atoms with Crippen LogP contribution in [0.25, 0.3) is 0 Å². The summed E-state index contributed by atoms with van der Waals surface area (Å²) in [5, 5.41) is 0. The van der Waals surface area contributed by atoms with Gasteiger partial charge in [0.05, 0.1) is 0 Å². The summed E-state index contributed by atoms with van der Waals surface area (Å²) in [6, 6.07) is 0.858. The van der Waals surface area contributed by atoms with Crippen LogP contribution >= 0.6 is 33.3 Å². The van der Waals surface area contributed by atoms with Crippen LogP contribution in [-0.2, 0) is 9.05 Å². The van der Waals surface area contributed by atoms with Gasteiger partial charge in [0.25, 0.3) is 15.5 Å². The lowest BCUT2D eigenvalue weighted by atomic mass is 10.2. The van der Waals surface area contributed by atoms with Crippen LogP contribution in [0.4, 0.5) is 8.78 Å². The highest BCUT2D eigenvalue weighted by atomic mass is 127. The Balaban J connectivity index is 3.50. The Kier molecular flexibility index (Phi) is 3.88. The summed E-state index contributed by atoms with van der Waals surface area (Å²) in [7, 11) is 1.04. The molecule has 0 aliphatic heterocycles. The van der Waals surface area contributed by atoms with E-state index in [0.29, 0.717) is 0 Å². The lowest BCUT2D eigenvalue weighted by molar-refractivity contribution is 0.149. The standard InChI is InChI=1S/C7H5ClF2INO2S/c1-3-4(6(9)10)2-5(7(11)12-3)15(8,13)14/h2,6H,1H3. The molecule has 0 radical (unpaired) electrons. The van der Waals surface area contributed by atoms with Gasteiger partial charge in [0.2, 0.25) is 0 Å². The Labute approximate surface area is 103 Å². The lowest BCUT2D eigenvalue weighted by Gasteiger charge is -2.07. The van der Waals surface area contributed by atoms with Crippen molar-refractivity contribution in [3.63, 3.8) is 0 Å². The highest BCUT2D eigenvalue weighted by Gasteiger charge is 2.21. The number of aromatic nitrogens is 1. The van der Waals surface area contributed by atoms with Crippen LogP contribution in [-0.4, -0.2) is 13.4 Å². The molecule has 8 heteroatoms. The molecule has 0 saturated carbocycles. The van der Waals surface area contributed by atoms with Gasteiger partial charge in [-0.15, -0.1) is 0 Å². The molecule has 84 valence electrons. The van der Waals surface area contributed by atoms with Crippen LogP contribution in [0.3, 0.4) is 0 Å². The fourth-order valence-electron chi connectivity index (χ4n) is 0.964. The Bertz CT molecular complexity index is 492. The minimum atomic E-state index is -4.04. The number of rotatable bonds is 2. The quantitative estimate of drug-likeness (QED) is 0.459. The normalized spacial score (nSPS) is 12.1. The molecule has 0 aliphatic carbocycles. The lowest BCUT2D eigenvalue weighted by Crippen LogP contribution is -2.03. The molecule has 0 aliphatic rings. The van der Waals surface area contributed by atoms with Crippen molar-refractivity contribution in [2.75, 3.05) is 0 Å². The van der Waals surface area contributed by atoms with Gasteiger partial charge in [-0.25, -0.2) is 22.2 Å². The molecule has 0 amide bonds. The van der Waals surface area contributed by atoms with E-state index in [2.05, 4.69) is 4.98 Å². The first-order valence-electron chi connectivity index (χ1n) is 3.63. The Hall–Kier alpha value is -0.0200. The van der Waals surface area contributed by atoms with Crippen LogP contribution in [0.1, 0.15) is 17.7 Å². The van der Waals surface area contributed by atoms with Gasteiger partial charge in [-0.2, -0.15) is 0 Å². The Morgan fingerprint density at radius 2 is 2.07 bits per heavy atom. The van der Waals surface area contributed by atoms with Gasteiger partial charge in [0, 0.05) is 21.9 Å². The van der Waals surface area contributed by atoms with E-state index in [9.17, 15) is 17.2 Å². The van der Waals surface area contributed by atoms with Crippen LogP contribution in [0.2, 0.25) is 0 Å². The van der Waals surface area contributed by atoms with Crippen LogP contribution in [0.15, 0.2) is 11.0 Å². The summed E-state index contributed by atoms with van der Waals surface area (Å²) >= 11 is 1.63. The number of pyridine rings is 1. The second-order valence-electron chi connectivity index (χ2n) is 2.69. The zero-order valence-corrected chi connectivity index (χ0v) is 11.1. The summed E-state index contributed by atoms with van der Waals surface area (Å²) in [6.07, 6.45) is -2.77. The summed E-state index contributed by atoms with van der Waals surface area (Å²) in [5.74, 6) is 0. The fourth-order valence-corrected chi connectivity index (χ4v) is 3.61. The summed E-state index contributed by atoms with van der Waals surface area (Å²) in [5.41, 5.74) is -0.326. The van der Waals surface area contributed by atoms with E-state index in [0.717, 1.165) is 6.07 Å². The minimum Gasteiger partial charge on any atom is -0.245 e. The molecule has 1 heterocycles. The molecule has 0 atom stereocenters. The summed E-state index contributed by atoms with van der Waals surface area (Å²) in [6.45, 7) is 1.38. The van der Waals surface area contributed by atoms with E-state index in [1.165, 1.54) is 6.92 Å². The molecule has 15 heavy (non-hydrogen) atoms. The van der Waals surface area contributed by atoms with E-state index in [4.69, 9.17) is 10.7 Å². The molecular weight excluding hydrogens is 363 g/mol. The highest BCUT2D eigenvalue weighted by Crippen LogP contribution is 2.28. The van der Waals surface area contributed by atoms with E-state index >= 15 is 0 Å². The predicted molar refractivity (Wildman–Crippen MR) is 59.7 cm³/mol. The second kappa shape index (κ2) is 4.46. The van der Waals surface area contributed by atoms with E-state index in [-0.39, 0.29) is 14.3 Å². The number of nitrogens with zero attached hydrogens (tertiary/aromatic N) is 1. The van der Waals surface area contributed by atoms with Gasteiger partial charge in [-0.3, -0.25) is 0 Å². The van der Waals surface area contributed by atoms with Crippen molar-refractivity contribution in [3.05, 3.63) is 21.0 Å². The molecule has 1 rings (SSSR count). The number of hydrogen-bond donors (Lipinski definition) is 0. The first-order chi connectivity index (χ1) is 6.73. The minimum absolute atomic E-state index is 0.0875. The average molecular weight is 368 g/mol. The van der Waals surface area contributed by atoms with Crippen molar-refractivity contribution in [1.29, 1.82) is 0 Å².